The number of hydrogen-bond acceptors (Lipinski definition) is 4. The maximum atomic E-state index is 12.7. The second-order valence-corrected chi connectivity index (χ2v) is 8.35. The van der Waals surface area contributed by atoms with Gasteiger partial charge in [0, 0.05) is 17.0 Å². The Morgan fingerprint density at radius 2 is 1.92 bits per heavy atom. The van der Waals surface area contributed by atoms with Crippen LogP contribution in [0.5, 0.6) is 5.75 Å². The third-order valence-corrected chi connectivity index (χ3v) is 5.60. The highest BCUT2D eigenvalue weighted by Gasteiger charge is 2.30. The molecule has 0 bridgehead atoms. The lowest BCUT2D eigenvalue weighted by atomic mass is 10.2. The SMILES string of the molecule is O=C(COc1cccc(Cl)c1)N(Cc1ccccc1)[C@@H]1C=CS(=O)(=O)C1. The first-order valence-corrected chi connectivity index (χ1v) is 10.1. The van der Waals surface area contributed by atoms with Crippen molar-refractivity contribution in [2.45, 2.75) is 12.6 Å². The van der Waals surface area contributed by atoms with Gasteiger partial charge in [-0.3, -0.25) is 4.79 Å². The average molecular weight is 392 g/mol. The van der Waals surface area contributed by atoms with Gasteiger partial charge in [0.05, 0.1) is 11.8 Å². The van der Waals surface area contributed by atoms with E-state index >= 15 is 0 Å². The van der Waals surface area contributed by atoms with Gasteiger partial charge in [0.15, 0.2) is 16.4 Å². The Balaban J connectivity index is 1.74. The maximum absolute atomic E-state index is 12.7. The Morgan fingerprint density at radius 1 is 1.15 bits per heavy atom. The van der Waals surface area contributed by atoms with Gasteiger partial charge in [0.2, 0.25) is 0 Å². The van der Waals surface area contributed by atoms with E-state index in [-0.39, 0.29) is 18.3 Å². The van der Waals surface area contributed by atoms with Crippen LogP contribution < -0.4 is 4.74 Å². The summed E-state index contributed by atoms with van der Waals surface area (Å²) in [5, 5.41) is 1.68. The molecule has 0 saturated carbocycles. The number of carbonyl (C=O) groups excluding carboxylic acids is 1. The minimum absolute atomic E-state index is 0.108. The molecule has 1 heterocycles. The fraction of sp³-hybridized carbons (Fsp3) is 0.211. The summed E-state index contributed by atoms with van der Waals surface area (Å²) < 4.78 is 29.1. The summed E-state index contributed by atoms with van der Waals surface area (Å²) in [6.07, 6.45) is 1.55. The molecule has 0 fully saturated rings. The van der Waals surface area contributed by atoms with Crippen LogP contribution in [-0.2, 0) is 21.2 Å². The molecule has 2 aromatic rings. The third-order valence-electron chi connectivity index (χ3n) is 3.99. The normalized spacial score (nSPS) is 17.8. The number of benzene rings is 2. The minimum atomic E-state index is -3.27. The first-order chi connectivity index (χ1) is 12.4. The molecule has 1 aliphatic rings. The standard InChI is InChI=1S/C19H18ClNO4S/c20-16-7-4-8-18(11-16)25-13-19(22)21(12-15-5-2-1-3-6-15)17-9-10-26(23,24)14-17/h1-11,17H,12-14H2/t17-/m1/s1. The van der Waals surface area contributed by atoms with Crippen LogP contribution in [0.4, 0.5) is 0 Å². The minimum Gasteiger partial charge on any atom is -0.484 e. The van der Waals surface area contributed by atoms with Gasteiger partial charge in [-0.05, 0) is 29.8 Å². The van der Waals surface area contributed by atoms with E-state index in [9.17, 15) is 13.2 Å². The molecule has 0 spiro atoms. The number of sulfone groups is 1. The lowest BCUT2D eigenvalue weighted by Crippen LogP contribution is -2.42. The number of rotatable bonds is 6. The van der Waals surface area contributed by atoms with Gasteiger partial charge >= 0.3 is 0 Å². The number of ether oxygens (including phenoxy) is 1. The number of carbonyl (C=O) groups is 1. The molecule has 0 aliphatic carbocycles. The zero-order chi connectivity index (χ0) is 18.6. The van der Waals surface area contributed by atoms with Gasteiger partial charge in [-0.25, -0.2) is 8.42 Å². The van der Waals surface area contributed by atoms with Crippen molar-refractivity contribution in [1.29, 1.82) is 0 Å². The molecule has 3 rings (SSSR count). The number of hydrogen-bond donors (Lipinski definition) is 0. The summed E-state index contributed by atoms with van der Waals surface area (Å²) in [5.74, 6) is 0.0867. The van der Waals surface area contributed by atoms with E-state index in [2.05, 4.69) is 0 Å². The summed E-state index contributed by atoms with van der Waals surface area (Å²) in [5.41, 5.74) is 0.918. The smallest absolute Gasteiger partial charge is 0.261 e. The molecular weight excluding hydrogens is 374 g/mol. The van der Waals surface area contributed by atoms with Crippen LogP contribution in [0.2, 0.25) is 5.02 Å². The van der Waals surface area contributed by atoms with E-state index in [1.165, 1.54) is 10.3 Å². The van der Waals surface area contributed by atoms with Crippen LogP contribution in [0.3, 0.4) is 0 Å². The third kappa shape index (κ3) is 4.86. The molecule has 5 nitrogen and oxygen atoms in total. The second kappa shape index (κ2) is 7.93. The van der Waals surface area contributed by atoms with Crippen molar-refractivity contribution < 1.29 is 17.9 Å². The molecule has 7 heteroatoms. The molecule has 1 amide bonds. The van der Waals surface area contributed by atoms with Gasteiger partial charge < -0.3 is 9.64 Å². The predicted octanol–water partition coefficient (Wildman–Crippen LogP) is 3.06. The van der Waals surface area contributed by atoms with E-state index in [0.29, 0.717) is 17.3 Å². The average Bonchev–Trinajstić information content (AvgIpc) is 2.98. The number of amides is 1. The van der Waals surface area contributed by atoms with E-state index in [4.69, 9.17) is 16.3 Å². The van der Waals surface area contributed by atoms with Crippen LogP contribution in [-0.4, -0.2) is 37.6 Å². The van der Waals surface area contributed by atoms with Gasteiger partial charge in [-0.2, -0.15) is 0 Å². The quantitative estimate of drug-likeness (QED) is 0.759. The Morgan fingerprint density at radius 3 is 2.58 bits per heavy atom. The van der Waals surface area contributed by atoms with E-state index < -0.39 is 15.9 Å². The summed E-state index contributed by atoms with van der Waals surface area (Å²) in [4.78, 5) is 14.3. The van der Waals surface area contributed by atoms with Gasteiger partial charge in [-0.15, -0.1) is 0 Å². The highest BCUT2D eigenvalue weighted by molar-refractivity contribution is 7.94. The van der Waals surface area contributed by atoms with E-state index in [1.807, 2.05) is 30.3 Å². The molecule has 1 aliphatic heterocycles. The first-order valence-electron chi connectivity index (χ1n) is 8.06. The molecular formula is C19H18ClNO4S. The van der Waals surface area contributed by atoms with Gasteiger partial charge in [0.1, 0.15) is 5.75 Å². The summed E-state index contributed by atoms with van der Waals surface area (Å²) in [7, 11) is -3.27. The van der Waals surface area contributed by atoms with Crippen molar-refractivity contribution in [3.05, 3.63) is 76.7 Å². The summed E-state index contributed by atoms with van der Waals surface area (Å²) in [6, 6.07) is 15.7. The number of nitrogens with zero attached hydrogens (tertiary/aromatic N) is 1. The Kier molecular flexibility index (Phi) is 5.64. The van der Waals surface area contributed by atoms with Gasteiger partial charge in [0.25, 0.3) is 5.91 Å². The fourth-order valence-corrected chi connectivity index (χ4v) is 4.19. The molecule has 0 saturated heterocycles. The molecule has 1 atom stereocenters. The molecule has 0 unspecified atom stereocenters. The van der Waals surface area contributed by atoms with E-state index in [0.717, 1.165) is 5.56 Å². The van der Waals surface area contributed by atoms with Crippen molar-refractivity contribution in [1.82, 2.24) is 4.90 Å². The van der Waals surface area contributed by atoms with Crippen molar-refractivity contribution in [2.24, 2.45) is 0 Å². The summed E-state index contributed by atoms with van der Waals surface area (Å²) in [6.45, 7) is 0.112. The highest BCUT2D eigenvalue weighted by atomic mass is 35.5. The molecule has 0 radical (unpaired) electrons. The molecule has 26 heavy (non-hydrogen) atoms. The van der Waals surface area contributed by atoms with Crippen molar-refractivity contribution in [3.8, 4) is 5.75 Å². The highest BCUT2D eigenvalue weighted by Crippen LogP contribution is 2.20. The molecule has 2 aromatic carbocycles. The van der Waals surface area contributed by atoms with Crippen LogP contribution in [0.15, 0.2) is 66.1 Å². The fourth-order valence-electron chi connectivity index (χ4n) is 2.71. The molecule has 0 N–H and O–H groups in total. The zero-order valence-electron chi connectivity index (χ0n) is 13.9. The maximum Gasteiger partial charge on any atom is 0.261 e. The lowest BCUT2D eigenvalue weighted by Gasteiger charge is -2.27. The number of halogens is 1. The van der Waals surface area contributed by atoms with Crippen LogP contribution >= 0.6 is 11.6 Å². The second-order valence-electron chi connectivity index (χ2n) is 5.98. The Bertz CT molecular complexity index is 912. The summed E-state index contributed by atoms with van der Waals surface area (Å²) >= 11 is 5.91. The Hall–Kier alpha value is -2.31. The molecule has 136 valence electrons. The lowest BCUT2D eigenvalue weighted by molar-refractivity contribution is -0.135. The van der Waals surface area contributed by atoms with Crippen molar-refractivity contribution in [3.63, 3.8) is 0 Å². The monoisotopic (exact) mass is 391 g/mol. The molecule has 0 aromatic heterocycles. The largest absolute Gasteiger partial charge is 0.484 e. The predicted molar refractivity (Wildman–Crippen MR) is 101 cm³/mol. The van der Waals surface area contributed by atoms with Crippen LogP contribution in [0, 0.1) is 0 Å². The zero-order valence-corrected chi connectivity index (χ0v) is 15.5. The van der Waals surface area contributed by atoms with Crippen LogP contribution in [0.1, 0.15) is 5.56 Å². The van der Waals surface area contributed by atoms with E-state index in [1.54, 1.807) is 30.3 Å². The topological polar surface area (TPSA) is 63.7 Å². The van der Waals surface area contributed by atoms with Crippen molar-refractivity contribution in [2.75, 3.05) is 12.4 Å². The first kappa shape index (κ1) is 18.5. The van der Waals surface area contributed by atoms with Crippen molar-refractivity contribution >= 4 is 27.3 Å². The van der Waals surface area contributed by atoms with Gasteiger partial charge in [-0.1, -0.05) is 48.0 Å². The Labute approximate surface area is 157 Å². The van der Waals surface area contributed by atoms with Crippen LogP contribution in [0.25, 0.3) is 0 Å².